The van der Waals surface area contributed by atoms with Gasteiger partial charge in [-0.1, -0.05) is 46.4 Å². The summed E-state index contributed by atoms with van der Waals surface area (Å²) in [5.41, 5.74) is 0.391. The Morgan fingerprint density at radius 1 is 0.880 bits per heavy atom. The van der Waals surface area contributed by atoms with Gasteiger partial charge in [-0.05, 0) is 36.4 Å². The van der Waals surface area contributed by atoms with Crippen molar-refractivity contribution in [3.8, 4) is 5.75 Å². The summed E-state index contributed by atoms with van der Waals surface area (Å²) < 4.78 is 10.0. The Balaban J connectivity index is 1.78. The first-order valence-electron chi connectivity index (χ1n) is 6.83. The van der Waals surface area contributed by atoms with Gasteiger partial charge in [-0.15, -0.1) is 0 Å². The molecule has 132 valence electrons. The SMILES string of the molecule is O=C(COC(=O)COc1ccc(Cl)cc1Cl)Nc1cc(Cl)cc(Cl)c1. The molecule has 1 N–H and O–H groups in total. The number of rotatable bonds is 6. The molecule has 0 unspecified atom stereocenters. The minimum Gasteiger partial charge on any atom is -0.480 e. The monoisotopic (exact) mass is 421 g/mol. The second-order valence-electron chi connectivity index (χ2n) is 4.73. The van der Waals surface area contributed by atoms with E-state index in [0.29, 0.717) is 20.8 Å². The van der Waals surface area contributed by atoms with E-state index in [2.05, 4.69) is 5.32 Å². The zero-order valence-corrected chi connectivity index (χ0v) is 15.5. The molecule has 0 radical (unpaired) electrons. The first-order valence-corrected chi connectivity index (χ1v) is 8.34. The predicted octanol–water partition coefficient (Wildman–Crippen LogP) is 4.86. The molecule has 9 heteroatoms. The highest BCUT2D eigenvalue weighted by atomic mass is 35.5. The minimum atomic E-state index is -0.731. The molecule has 25 heavy (non-hydrogen) atoms. The summed E-state index contributed by atoms with van der Waals surface area (Å²) in [5, 5.41) is 3.95. The van der Waals surface area contributed by atoms with Crippen LogP contribution in [0.4, 0.5) is 5.69 Å². The Kier molecular flexibility index (Phi) is 7.20. The molecule has 2 aromatic rings. The van der Waals surface area contributed by atoms with Gasteiger partial charge in [-0.2, -0.15) is 0 Å². The van der Waals surface area contributed by atoms with Crippen molar-refractivity contribution in [2.45, 2.75) is 0 Å². The lowest BCUT2D eigenvalue weighted by Gasteiger charge is -2.09. The molecule has 0 fully saturated rings. The van der Waals surface area contributed by atoms with Crippen molar-refractivity contribution in [1.82, 2.24) is 0 Å². The van der Waals surface area contributed by atoms with Gasteiger partial charge in [0.15, 0.2) is 13.2 Å². The zero-order chi connectivity index (χ0) is 18.4. The van der Waals surface area contributed by atoms with Crippen molar-refractivity contribution < 1.29 is 19.1 Å². The van der Waals surface area contributed by atoms with E-state index in [-0.39, 0.29) is 10.8 Å². The average Bonchev–Trinajstić information content (AvgIpc) is 2.51. The van der Waals surface area contributed by atoms with Gasteiger partial charge in [-0.3, -0.25) is 4.79 Å². The number of nitrogens with one attached hydrogen (secondary N) is 1. The maximum atomic E-state index is 11.8. The molecular formula is C16H11Cl4NO4. The van der Waals surface area contributed by atoms with Gasteiger partial charge in [0.2, 0.25) is 0 Å². The topological polar surface area (TPSA) is 64.6 Å². The third kappa shape index (κ3) is 6.63. The minimum absolute atomic E-state index is 0.260. The van der Waals surface area contributed by atoms with Gasteiger partial charge in [0.05, 0.1) is 5.02 Å². The summed E-state index contributed by atoms with van der Waals surface area (Å²) in [5.74, 6) is -0.998. The maximum absolute atomic E-state index is 11.8. The number of carbonyl (C=O) groups excluding carboxylic acids is 2. The van der Waals surface area contributed by atoms with Crippen molar-refractivity contribution in [3.63, 3.8) is 0 Å². The van der Waals surface area contributed by atoms with E-state index in [0.717, 1.165) is 0 Å². The smallest absolute Gasteiger partial charge is 0.344 e. The van der Waals surface area contributed by atoms with E-state index in [9.17, 15) is 9.59 Å². The van der Waals surface area contributed by atoms with Crippen LogP contribution in [0.5, 0.6) is 5.75 Å². The highest BCUT2D eigenvalue weighted by Gasteiger charge is 2.11. The Morgan fingerprint density at radius 2 is 1.56 bits per heavy atom. The van der Waals surface area contributed by atoms with Crippen LogP contribution in [0.1, 0.15) is 0 Å². The molecule has 5 nitrogen and oxygen atoms in total. The molecule has 0 heterocycles. The van der Waals surface area contributed by atoms with E-state index in [1.54, 1.807) is 6.07 Å². The number of carbonyl (C=O) groups is 2. The molecule has 0 aliphatic rings. The average molecular weight is 423 g/mol. The molecule has 0 aliphatic carbocycles. The van der Waals surface area contributed by atoms with Gasteiger partial charge in [0.25, 0.3) is 5.91 Å². The van der Waals surface area contributed by atoms with E-state index < -0.39 is 25.1 Å². The standard InChI is InChI=1S/C16H11Cl4NO4/c17-9-1-2-14(13(20)6-9)24-8-16(23)25-7-15(22)21-12-4-10(18)3-11(19)5-12/h1-6H,7-8H2,(H,21,22). The lowest BCUT2D eigenvalue weighted by molar-refractivity contribution is -0.149. The van der Waals surface area contributed by atoms with Gasteiger partial charge in [0.1, 0.15) is 5.75 Å². The van der Waals surface area contributed by atoms with E-state index in [1.807, 2.05) is 0 Å². The van der Waals surface area contributed by atoms with Crippen LogP contribution in [0, 0.1) is 0 Å². The van der Waals surface area contributed by atoms with Crippen LogP contribution in [0.3, 0.4) is 0 Å². The number of amides is 1. The highest BCUT2D eigenvalue weighted by molar-refractivity contribution is 6.35. The lowest BCUT2D eigenvalue weighted by Crippen LogP contribution is -2.23. The summed E-state index contributed by atoms with van der Waals surface area (Å²) in [6, 6.07) is 9.12. The number of hydrogen-bond acceptors (Lipinski definition) is 4. The van der Waals surface area contributed by atoms with Crippen LogP contribution in [-0.4, -0.2) is 25.1 Å². The number of benzene rings is 2. The highest BCUT2D eigenvalue weighted by Crippen LogP contribution is 2.27. The Hall–Kier alpha value is -1.66. The molecule has 1 amide bonds. The number of hydrogen-bond donors (Lipinski definition) is 1. The first-order chi connectivity index (χ1) is 11.8. The van der Waals surface area contributed by atoms with Crippen molar-refractivity contribution in [1.29, 1.82) is 0 Å². The molecule has 2 aromatic carbocycles. The summed E-state index contributed by atoms with van der Waals surface area (Å²) in [7, 11) is 0. The van der Waals surface area contributed by atoms with E-state index >= 15 is 0 Å². The molecule has 0 aliphatic heterocycles. The van der Waals surface area contributed by atoms with Gasteiger partial charge < -0.3 is 14.8 Å². The van der Waals surface area contributed by atoms with E-state index in [1.165, 1.54) is 30.3 Å². The second kappa shape index (κ2) is 9.15. The van der Waals surface area contributed by atoms with Crippen molar-refractivity contribution in [2.24, 2.45) is 0 Å². The van der Waals surface area contributed by atoms with E-state index in [4.69, 9.17) is 55.9 Å². The van der Waals surface area contributed by atoms with Crippen molar-refractivity contribution in [3.05, 3.63) is 56.5 Å². The van der Waals surface area contributed by atoms with Crippen LogP contribution in [0.25, 0.3) is 0 Å². The maximum Gasteiger partial charge on any atom is 0.344 e. The molecule has 2 rings (SSSR count). The third-order valence-electron chi connectivity index (χ3n) is 2.75. The molecular weight excluding hydrogens is 412 g/mol. The fraction of sp³-hybridized carbons (Fsp3) is 0.125. The predicted molar refractivity (Wildman–Crippen MR) is 98.0 cm³/mol. The number of ether oxygens (including phenoxy) is 2. The fourth-order valence-corrected chi connectivity index (χ4v) is 2.73. The van der Waals surface area contributed by atoms with Crippen LogP contribution >= 0.6 is 46.4 Å². The molecule has 0 spiro atoms. The lowest BCUT2D eigenvalue weighted by atomic mass is 10.3. The second-order valence-corrected chi connectivity index (χ2v) is 6.45. The van der Waals surface area contributed by atoms with Crippen LogP contribution in [0.2, 0.25) is 20.1 Å². The van der Waals surface area contributed by atoms with Crippen molar-refractivity contribution in [2.75, 3.05) is 18.5 Å². The summed E-state index contributed by atoms with van der Waals surface area (Å²) in [6.07, 6.45) is 0. The number of halogens is 4. The molecule has 0 bridgehead atoms. The summed E-state index contributed by atoms with van der Waals surface area (Å²) in [4.78, 5) is 23.4. The van der Waals surface area contributed by atoms with Gasteiger partial charge >= 0.3 is 5.97 Å². The van der Waals surface area contributed by atoms with Crippen LogP contribution in [-0.2, 0) is 14.3 Å². The zero-order valence-electron chi connectivity index (χ0n) is 12.5. The van der Waals surface area contributed by atoms with Crippen LogP contribution in [0.15, 0.2) is 36.4 Å². The molecule has 0 aromatic heterocycles. The van der Waals surface area contributed by atoms with Crippen molar-refractivity contribution >= 4 is 64.0 Å². The van der Waals surface area contributed by atoms with Crippen LogP contribution < -0.4 is 10.1 Å². The fourth-order valence-electron chi connectivity index (χ4n) is 1.74. The Labute approximate surface area is 163 Å². The first kappa shape index (κ1) is 19.7. The quantitative estimate of drug-likeness (QED) is 0.675. The molecule has 0 atom stereocenters. The largest absolute Gasteiger partial charge is 0.480 e. The van der Waals surface area contributed by atoms with Gasteiger partial charge in [-0.25, -0.2) is 4.79 Å². The number of esters is 1. The Morgan fingerprint density at radius 3 is 2.20 bits per heavy atom. The third-order valence-corrected chi connectivity index (χ3v) is 3.72. The summed E-state index contributed by atoms with van der Waals surface area (Å²) >= 11 is 23.3. The number of anilines is 1. The summed E-state index contributed by atoms with van der Waals surface area (Å²) in [6.45, 7) is -0.891. The molecule has 0 saturated heterocycles. The Bertz CT molecular complexity index is 777. The van der Waals surface area contributed by atoms with Gasteiger partial charge in [0, 0.05) is 20.8 Å². The normalized spacial score (nSPS) is 10.2. The molecule has 0 saturated carbocycles.